The second kappa shape index (κ2) is 9.54. The van der Waals surface area contributed by atoms with Gasteiger partial charge in [0, 0.05) is 12.5 Å². The predicted molar refractivity (Wildman–Crippen MR) is 66.8 cm³/mol. The highest BCUT2D eigenvalue weighted by molar-refractivity contribution is 6.32. The maximum atomic E-state index is 11.1. The molecule has 0 heterocycles. The highest BCUT2D eigenvalue weighted by Gasteiger charge is 2.09. The fourth-order valence-corrected chi connectivity index (χ4v) is 0.841. The van der Waals surface area contributed by atoms with Crippen LogP contribution in [0.2, 0.25) is 0 Å². The molecule has 0 saturated heterocycles. The Hall–Kier alpha value is -2.38. The number of Topliss-reactive ketones (excluding diaryl/α,β-unsaturated/α-hetero) is 1. The average molecular weight is 287 g/mol. The zero-order chi connectivity index (χ0) is 15.5. The largest absolute Gasteiger partial charge is 0.460 e. The molecule has 0 aliphatic carbocycles. The first kappa shape index (κ1) is 17.6. The van der Waals surface area contributed by atoms with Crippen LogP contribution in [0.3, 0.4) is 0 Å². The van der Waals surface area contributed by atoms with E-state index in [9.17, 15) is 19.2 Å². The smallest absolute Gasteiger partial charge is 0.407 e. The molecular weight excluding hydrogens is 270 g/mol. The third kappa shape index (κ3) is 8.67. The normalized spacial score (nSPS) is 9.30. The summed E-state index contributed by atoms with van der Waals surface area (Å²) in [7, 11) is 0. The van der Waals surface area contributed by atoms with Crippen molar-refractivity contribution in [2.75, 3.05) is 26.4 Å². The van der Waals surface area contributed by atoms with E-state index in [2.05, 4.69) is 21.4 Å². The minimum Gasteiger partial charge on any atom is -0.460 e. The van der Waals surface area contributed by atoms with E-state index in [1.54, 1.807) is 0 Å². The molecule has 0 aromatic rings. The molecule has 8 nitrogen and oxygen atoms in total. The molecule has 1 amide bonds. The first-order valence-corrected chi connectivity index (χ1v) is 5.75. The zero-order valence-corrected chi connectivity index (χ0v) is 11.4. The van der Waals surface area contributed by atoms with Gasteiger partial charge in [-0.15, -0.1) is 0 Å². The van der Waals surface area contributed by atoms with Crippen molar-refractivity contribution in [1.29, 1.82) is 0 Å². The summed E-state index contributed by atoms with van der Waals surface area (Å²) in [4.78, 5) is 43.3. The van der Waals surface area contributed by atoms with Gasteiger partial charge in [0.15, 0.2) is 0 Å². The molecular formula is C12H17NO7. The molecule has 0 radical (unpaired) electrons. The van der Waals surface area contributed by atoms with Crippen LogP contribution in [-0.4, -0.2) is 50.2 Å². The van der Waals surface area contributed by atoms with Gasteiger partial charge < -0.3 is 19.5 Å². The van der Waals surface area contributed by atoms with E-state index < -0.39 is 23.8 Å². The van der Waals surface area contributed by atoms with E-state index in [4.69, 9.17) is 4.74 Å². The molecule has 0 rings (SSSR count). The highest BCUT2D eigenvalue weighted by atomic mass is 16.6. The van der Waals surface area contributed by atoms with Crippen LogP contribution in [0.5, 0.6) is 0 Å². The topological polar surface area (TPSA) is 108 Å². The molecule has 112 valence electrons. The van der Waals surface area contributed by atoms with Gasteiger partial charge in [-0.1, -0.05) is 6.58 Å². The molecule has 0 spiro atoms. The Balaban J connectivity index is 3.55. The molecule has 0 aromatic carbocycles. The summed E-state index contributed by atoms with van der Waals surface area (Å²) in [6.45, 7) is 5.64. The number of carbonyl (C=O) groups is 4. The molecule has 0 aromatic heterocycles. The van der Waals surface area contributed by atoms with Crippen molar-refractivity contribution >= 4 is 23.8 Å². The van der Waals surface area contributed by atoms with Gasteiger partial charge >= 0.3 is 18.0 Å². The number of amides is 1. The fourth-order valence-electron chi connectivity index (χ4n) is 0.841. The lowest BCUT2D eigenvalue weighted by Crippen LogP contribution is -2.30. The van der Waals surface area contributed by atoms with Gasteiger partial charge in [0.1, 0.15) is 19.8 Å². The predicted octanol–water partition coefficient (Wildman–Crippen LogP) is -0.0359. The van der Waals surface area contributed by atoms with Crippen molar-refractivity contribution in [3.63, 3.8) is 0 Å². The summed E-state index contributed by atoms with van der Waals surface area (Å²) in [5.41, 5.74) is 0.264. The number of nitrogens with one attached hydrogen (secondary N) is 1. The number of rotatable bonds is 8. The van der Waals surface area contributed by atoms with E-state index in [1.165, 1.54) is 6.92 Å². The van der Waals surface area contributed by atoms with Gasteiger partial charge in [-0.25, -0.2) is 14.4 Å². The Morgan fingerprint density at radius 1 is 0.900 bits per heavy atom. The maximum absolute atomic E-state index is 11.1. The fraction of sp³-hybridized carbons (Fsp3) is 0.500. The van der Waals surface area contributed by atoms with Crippen molar-refractivity contribution in [2.45, 2.75) is 13.8 Å². The number of hydrogen-bond donors (Lipinski definition) is 1. The van der Waals surface area contributed by atoms with Crippen molar-refractivity contribution < 1.29 is 33.4 Å². The number of carbonyl (C=O) groups excluding carboxylic acids is 4. The second-order valence-electron chi connectivity index (χ2n) is 3.67. The van der Waals surface area contributed by atoms with Crippen LogP contribution in [0.1, 0.15) is 13.8 Å². The molecule has 8 heteroatoms. The summed E-state index contributed by atoms with van der Waals surface area (Å²) >= 11 is 0. The van der Waals surface area contributed by atoms with Gasteiger partial charge in [0.25, 0.3) is 0 Å². The SMILES string of the molecule is C=C(C)C(=O)OCCNC(=O)OCCOC(=O)C(C)=O. The number of hydrogen-bond acceptors (Lipinski definition) is 7. The quantitative estimate of drug-likeness (QED) is 0.219. The summed E-state index contributed by atoms with van der Waals surface area (Å²) in [6, 6.07) is 0. The summed E-state index contributed by atoms with van der Waals surface area (Å²) < 4.78 is 13.8. The minimum atomic E-state index is -0.985. The van der Waals surface area contributed by atoms with Gasteiger partial charge in [0.2, 0.25) is 5.78 Å². The van der Waals surface area contributed by atoms with E-state index >= 15 is 0 Å². The molecule has 20 heavy (non-hydrogen) atoms. The Bertz CT molecular complexity index is 367. The van der Waals surface area contributed by atoms with Crippen molar-refractivity contribution in [3.8, 4) is 0 Å². The van der Waals surface area contributed by atoms with Crippen LogP contribution in [0.4, 0.5) is 4.79 Å². The summed E-state index contributed by atoms with van der Waals surface area (Å²) in [5, 5.41) is 2.31. The number of esters is 2. The van der Waals surface area contributed by atoms with Crippen LogP contribution < -0.4 is 5.32 Å². The molecule has 0 bridgehead atoms. The van der Waals surface area contributed by atoms with Gasteiger partial charge in [-0.2, -0.15) is 0 Å². The number of ketones is 1. The van der Waals surface area contributed by atoms with Gasteiger partial charge in [-0.3, -0.25) is 4.79 Å². The summed E-state index contributed by atoms with van der Waals surface area (Å²) in [5.74, 6) is -2.26. The van der Waals surface area contributed by atoms with Crippen LogP contribution in [0.15, 0.2) is 12.2 Å². The molecule has 0 saturated carbocycles. The van der Waals surface area contributed by atoms with Gasteiger partial charge in [0.05, 0.1) is 6.54 Å². The van der Waals surface area contributed by atoms with Crippen molar-refractivity contribution in [1.82, 2.24) is 5.32 Å². The van der Waals surface area contributed by atoms with Crippen LogP contribution >= 0.6 is 0 Å². The van der Waals surface area contributed by atoms with Crippen molar-refractivity contribution in [2.24, 2.45) is 0 Å². The molecule has 0 atom stereocenters. The van der Waals surface area contributed by atoms with Crippen LogP contribution in [0.25, 0.3) is 0 Å². The monoisotopic (exact) mass is 287 g/mol. The Morgan fingerprint density at radius 3 is 2.00 bits per heavy atom. The lowest BCUT2D eigenvalue weighted by Gasteiger charge is -2.07. The first-order valence-electron chi connectivity index (χ1n) is 5.75. The van der Waals surface area contributed by atoms with Crippen LogP contribution in [-0.2, 0) is 28.6 Å². The minimum absolute atomic E-state index is 0.0138. The van der Waals surface area contributed by atoms with E-state index in [1.807, 2.05) is 0 Å². The van der Waals surface area contributed by atoms with Gasteiger partial charge in [-0.05, 0) is 6.92 Å². The third-order valence-corrected chi connectivity index (χ3v) is 1.79. The molecule has 0 fully saturated rings. The third-order valence-electron chi connectivity index (χ3n) is 1.79. The second-order valence-corrected chi connectivity index (χ2v) is 3.67. The first-order chi connectivity index (χ1) is 9.34. The Kier molecular flexibility index (Phi) is 8.40. The molecule has 1 N–H and O–H groups in total. The zero-order valence-electron chi connectivity index (χ0n) is 11.4. The van der Waals surface area contributed by atoms with Crippen LogP contribution in [0, 0.1) is 0 Å². The average Bonchev–Trinajstić information content (AvgIpc) is 2.38. The lowest BCUT2D eigenvalue weighted by molar-refractivity contribution is -0.153. The lowest BCUT2D eigenvalue weighted by atomic mass is 10.4. The molecule has 0 unspecified atom stereocenters. The van der Waals surface area contributed by atoms with E-state index in [-0.39, 0.29) is 31.9 Å². The van der Waals surface area contributed by atoms with E-state index in [0.29, 0.717) is 0 Å². The highest BCUT2D eigenvalue weighted by Crippen LogP contribution is 1.90. The summed E-state index contributed by atoms with van der Waals surface area (Å²) in [6.07, 6.45) is -0.754. The molecule has 0 aliphatic rings. The maximum Gasteiger partial charge on any atom is 0.407 e. The van der Waals surface area contributed by atoms with Crippen molar-refractivity contribution in [3.05, 3.63) is 12.2 Å². The number of alkyl carbamates (subject to hydrolysis) is 1. The Morgan fingerprint density at radius 2 is 1.45 bits per heavy atom. The standard InChI is InChI=1S/C12H17NO7/c1-8(2)10(15)18-5-4-13-12(17)20-7-6-19-11(16)9(3)14/h1,4-7H2,2-3H3,(H,13,17). The molecule has 0 aliphatic heterocycles. The van der Waals surface area contributed by atoms with E-state index in [0.717, 1.165) is 6.92 Å². The number of ether oxygens (including phenoxy) is 3. The Labute approximate surface area is 116 Å².